The Hall–Kier alpha value is -2.82. The van der Waals surface area contributed by atoms with E-state index in [1.807, 2.05) is 0 Å². The van der Waals surface area contributed by atoms with Crippen LogP contribution in [0.4, 0.5) is 22.0 Å². The molecule has 6 nitrogen and oxygen atoms in total. The van der Waals surface area contributed by atoms with E-state index in [2.05, 4.69) is 19.9 Å². The van der Waals surface area contributed by atoms with E-state index in [-0.39, 0.29) is 29.6 Å². The highest BCUT2D eigenvalue weighted by Gasteiger charge is 2.40. The summed E-state index contributed by atoms with van der Waals surface area (Å²) in [6.45, 7) is 1.49. The summed E-state index contributed by atoms with van der Waals surface area (Å²) in [6.07, 6.45) is -4.18. The monoisotopic (exact) mass is 414 g/mol. The van der Waals surface area contributed by atoms with Crippen molar-refractivity contribution in [3.8, 4) is 17.0 Å². The Morgan fingerprint density at radius 2 is 1.90 bits per heavy atom. The molecule has 1 saturated carbocycles. The summed E-state index contributed by atoms with van der Waals surface area (Å²) >= 11 is 0. The minimum Gasteiger partial charge on any atom is -0.406 e. The molecule has 0 aliphatic heterocycles. The minimum absolute atomic E-state index is 0.0698. The number of aryl methyl sites for hydroxylation is 1. The van der Waals surface area contributed by atoms with Gasteiger partial charge in [-0.3, -0.25) is 9.38 Å². The van der Waals surface area contributed by atoms with Crippen molar-refractivity contribution in [1.82, 2.24) is 19.6 Å². The topological polar surface area (TPSA) is 61.5 Å². The minimum atomic E-state index is -4.81. The summed E-state index contributed by atoms with van der Waals surface area (Å²) in [7, 11) is 0. The summed E-state index contributed by atoms with van der Waals surface area (Å²) in [5.41, 5.74) is 1.22. The lowest BCUT2D eigenvalue weighted by atomic mass is 10.1. The zero-order valence-corrected chi connectivity index (χ0v) is 15.1. The Morgan fingerprint density at radius 1 is 1.14 bits per heavy atom. The first-order chi connectivity index (χ1) is 13.6. The van der Waals surface area contributed by atoms with Gasteiger partial charge in [-0.2, -0.15) is 8.78 Å². The van der Waals surface area contributed by atoms with E-state index in [0.29, 0.717) is 11.1 Å². The fraction of sp³-hybridized carbons (Fsp3) is 0.389. The average molecular weight is 414 g/mol. The molecule has 1 aliphatic carbocycles. The van der Waals surface area contributed by atoms with Crippen LogP contribution in [0.25, 0.3) is 16.9 Å². The third-order valence-electron chi connectivity index (χ3n) is 4.46. The highest BCUT2D eigenvalue weighted by Crippen LogP contribution is 2.35. The zero-order valence-electron chi connectivity index (χ0n) is 15.1. The molecule has 0 atom stereocenters. The molecule has 1 aromatic carbocycles. The number of alkyl halides is 5. The first-order valence-electron chi connectivity index (χ1n) is 8.72. The Bertz CT molecular complexity index is 1050. The fourth-order valence-electron chi connectivity index (χ4n) is 2.83. The van der Waals surface area contributed by atoms with E-state index < -0.39 is 18.3 Å². The Kier molecular flexibility index (Phi) is 4.64. The van der Waals surface area contributed by atoms with Crippen molar-refractivity contribution in [1.29, 1.82) is 0 Å². The lowest BCUT2D eigenvalue weighted by Crippen LogP contribution is -2.23. The maximum Gasteiger partial charge on any atom is 0.573 e. The summed E-state index contributed by atoms with van der Waals surface area (Å²) in [6, 6.07) is 3.69. The molecule has 2 heterocycles. The zero-order chi connectivity index (χ0) is 20.8. The molecule has 0 spiro atoms. The summed E-state index contributed by atoms with van der Waals surface area (Å²) in [5, 5.41) is 7.21. The largest absolute Gasteiger partial charge is 0.573 e. The number of rotatable bonds is 6. The fourth-order valence-corrected chi connectivity index (χ4v) is 2.83. The smallest absolute Gasteiger partial charge is 0.406 e. The van der Waals surface area contributed by atoms with Gasteiger partial charge in [-0.25, -0.2) is 0 Å². The number of nitrogens with zero attached hydrogens (tertiary/aromatic N) is 4. The number of benzene rings is 1. The van der Waals surface area contributed by atoms with E-state index in [9.17, 15) is 22.0 Å². The highest BCUT2D eigenvalue weighted by molar-refractivity contribution is 5.65. The van der Waals surface area contributed by atoms with Gasteiger partial charge >= 0.3 is 12.5 Å². The van der Waals surface area contributed by atoms with E-state index in [4.69, 9.17) is 4.74 Å². The van der Waals surface area contributed by atoms with Crippen LogP contribution in [-0.4, -0.2) is 32.6 Å². The molecule has 1 fully saturated rings. The van der Waals surface area contributed by atoms with E-state index >= 15 is 0 Å². The van der Waals surface area contributed by atoms with Crippen LogP contribution in [0.15, 0.2) is 30.6 Å². The normalized spacial score (nSPS) is 15.1. The third kappa shape index (κ3) is 4.29. The molecule has 0 amide bonds. The van der Waals surface area contributed by atoms with Crippen LogP contribution < -0.4 is 4.74 Å². The van der Waals surface area contributed by atoms with Gasteiger partial charge in [-0.1, -0.05) is 0 Å². The molecule has 4 rings (SSSR count). The predicted molar refractivity (Wildman–Crippen MR) is 90.2 cm³/mol. The van der Waals surface area contributed by atoms with Crippen LogP contribution in [0.5, 0.6) is 5.75 Å². The standard InChI is InChI=1S/C18H15F5N4O2/c1-10-6-12(29-18(21,22)23)4-5-13(10)14-8-27-15(7-24-14)25-26-16(27)17(19,20)28-9-11-2-3-11/h4-8,11H,2-3,9H2,1H3. The number of hydrogen-bond donors (Lipinski definition) is 0. The van der Waals surface area contributed by atoms with Gasteiger partial charge in [-0.05, 0) is 49.4 Å². The first-order valence-corrected chi connectivity index (χ1v) is 8.72. The van der Waals surface area contributed by atoms with Gasteiger partial charge in [0.1, 0.15) is 5.75 Å². The molecule has 0 radical (unpaired) electrons. The number of ether oxygens (including phenoxy) is 2. The molecule has 11 heteroatoms. The van der Waals surface area contributed by atoms with Crippen LogP contribution >= 0.6 is 0 Å². The maximum atomic E-state index is 14.4. The van der Waals surface area contributed by atoms with Crippen molar-refractivity contribution in [2.24, 2.45) is 5.92 Å². The van der Waals surface area contributed by atoms with Gasteiger partial charge in [0.05, 0.1) is 18.5 Å². The second kappa shape index (κ2) is 6.90. The Balaban J connectivity index is 1.66. The van der Waals surface area contributed by atoms with Crippen molar-refractivity contribution in [2.75, 3.05) is 6.61 Å². The van der Waals surface area contributed by atoms with Gasteiger partial charge in [0.15, 0.2) is 5.65 Å². The Labute approximate surface area is 161 Å². The maximum absolute atomic E-state index is 14.4. The van der Waals surface area contributed by atoms with E-state index in [1.54, 1.807) is 6.92 Å². The van der Waals surface area contributed by atoms with Crippen molar-refractivity contribution in [2.45, 2.75) is 32.2 Å². The number of aromatic nitrogens is 4. The molecule has 29 heavy (non-hydrogen) atoms. The Morgan fingerprint density at radius 3 is 2.55 bits per heavy atom. The third-order valence-corrected chi connectivity index (χ3v) is 4.46. The summed E-state index contributed by atoms with van der Waals surface area (Å²) in [5.74, 6) is -0.936. The van der Waals surface area contributed by atoms with Crippen LogP contribution in [0, 0.1) is 12.8 Å². The quantitative estimate of drug-likeness (QED) is 0.557. The number of hydrogen-bond acceptors (Lipinski definition) is 5. The molecule has 1 aliphatic rings. The van der Waals surface area contributed by atoms with Crippen LogP contribution in [0.3, 0.4) is 0 Å². The van der Waals surface area contributed by atoms with Gasteiger partial charge in [0, 0.05) is 11.8 Å². The molecular weight excluding hydrogens is 399 g/mol. The average Bonchev–Trinajstić information content (AvgIpc) is 3.35. The summed E-state index contributed by atoms with van der Waals surface area (Å²) in [4.78, 5) is 4.15. The van der Waals surface area contributed by atoms with E-state index in [1.165, 1.54) is 24.5 Å². The molecule has 2 aromatic heterocycles. The van der Waals surface area contributed by atoms with E-state index in [0.717, 1.165) is 23.3 Å². The van der Waals surface area contributed by atoms with Gasteiger partial charge in [0.25, 0.3) is 0 Å². The van der Waals surface area contributed by atoms with Crippen LogP contribution in [0.1, 0.15) is 24.2 Å². The number of halogens is 5. The predicted octanol–water partition coefficient (Wildman–Crippen LogP) is 4.47. The second-order valence-electron chi connectivity index (χ2n) is 6.82. The lowest BCUT2D eigenvalue weighted by Gasteiger charge is -2.15. The van der Waals surface area contributed by atoms with Crippen molar-refractivity contribution >= 4 is 5.65 Å². The number of fused-ring (bicyclic) bond motifs is 1. The van der Waals surface area contributed by atoms with Gasteiger partial charge in [-0.15, -0.1) is 23.4 Å². The molecule has 3 aromatic rings. The molecule has 0 bridgehead atoms. The van der Waals surface area contributed by atoms with Gasteiger partial charge in [0.2, 0.25) is 5.82 Å². The van der Waals surface area contributed by atoms with Crippen LogP contribution in [-0.2, 0) is 10.8 Å². The molecule has 154 valence electrons. The molecule has 0 N–H and O–H groups in total. The van der Waals surface area contributed by atoms with Gasteiger partial charge < -0.3 is 9.47 Å². The first kappa shape index (κ1) is 19.5. The highest BCUT2D eigenvalue weighted by atomic mass is 19.4. The van der Waals surface area contributed by atoms with Crippen molar-refractivity contribution in [3.05, 3.63) is 42.0 Å². The second-order valence-corrected chi connectivity index (χ2v) is 6.82. The van der Waals surface area contributed by atoms with Crippen LogP contribution in [0.2, 0.25) is 0 Å². The van der Waals surface area contributed by atoms with Crippen molar-refractivity contribution < 1.29 is 31.4 Å². The lowest BCUT2D eigenvalue weighted by molar-refractivity contribution is -0.274. The van der Waals surface area contributed by atoms with Crippen molar-refractivity contribution in [3.63, 3.8) is 0 Å². The summed E-state index contributed by atoms with van der Waals surface area (Å²) < 4.78 is 75.7. The molecular formula is C18H15F5N4O2. The SMILES string of the molecule is Cc1cc(OC(F)(F)F)ccc1-c1cn2c(C(F)(F)OCC3CC3)nnc2cn1. The molecule has 0 saturated heterocycles. The molecule has 0 unspecified atom stereocenters.